The molecular weight excluding hydrogens is 258 g/mol. The molecule has 3 aliphatic rings. The van der Waals surface area contributed by atoms with Crippen molar-refractivity contribution in [3.05, 3.63) is 29.3 Å². The minimum Gasteiger partial charge on any atom is -0.367 e. The molecule has 0 bridgehead atoms. The lowest BCUT2D eigenvalue weighted by atomic mass is 10.1. The third-order valence-corrected chi connectivity index (χ3v) is 4.80. The molecule has 3 fully saturated rings. The van der Waals surface area contributed by atoms with E-state index in [1.807, 2.05) is 0 Å². The van der Waals surface area contributed by atoms with E-state index in [-0.39, 0.29) is 0 Å². The average Bonchev–Trinajstić information content (AvgIpc) is 3.38. The van der Waals surface area contributed by atoms with Crippen molar-refractivity contribution in [1.82, 2.24) is 5.32 Å². The lowest BCUT2D eigenvalue weighted by molar-refractivity contribution is 0.686. The van der Waals surface area contributed by atoms with Crippen LogP contribution in [0.1, 0.15) is 49.7 Å². The van der Waals surface area contributed by atoms with Gasteiger partial charge in [0.2, 0.25) is 0 Å². The molecule has 3 heteroatoms. The van der Waals surface area contributed by atoms with Crippen molar-refractivity contribution in [3.8, 4) is 6.07 Å². The van der Waals surface area contributed by atoms with Crippen molar-refractivity contribution in [2.24, 2.45) is 5.92 Å². The summed E-state index contributed by atoms with van der Waals surface area (Å²) in [4.78, 5) is 2.51. The maximum atomic E-state index is 9.54. The Morgan fingerprint density at radius 2 is 1.95 bits per heavy atom. The van der Waals surface area contributed by atoms with Crippen molar-refractivity contribution in [2.45, 2.75) is 57.2 Å². The highest BCUT2D eigenvalue weighted by molar-refractivity contribution is 5.62. The summed E-state index contributed by atoms with van der Waals surface area (Å²) in [6.07, 6.45) is 7.94. The van der Waals surface area contributed by atoms with Gasteiger partial charge >= 0.3 is 0 Å². The van der Waals surface area contributed by atoms with Gasteiger partial charge in [-0.25, -0.2) is 0 Å². The lowest BCUT2D eigenvalue weighted by Gasteiger charge is -2.26. The highest BCUT2D eigenvalue weighted by Gasteiger charge is 2.34. The molecule has 1 aromatic carbocycles. The molecule has 110 valence electrons. The average molecular weight is 281 g/mol. The normalized spacial score (nSPS) is 21.1. The fourth-order valence-electron chi connectivity index (χ4n) is 2.99. The SMILES string of the molecule is N#Cc1cc(CNC2CC2)ccc1N(CC1CC1)C1CC1. The smallest absolute Gasteiger partial charge is 0.101 e. The zero-order chi connectivity index (χ0) is 14.2. The summed E-state index contributed by atoms with van der Waals surface area (Å²) in [5, 5.41) is 13.1. The highest BCUT2D eigenvalue weighted by Crippen LogP contribution is 2.39. The Morgan fingerprint density at radius 1 is 1.14 bits per heavy atom. The second-order valence-corrected chi connectivity index (χ2v) is 6.95. The number of nitrogens with zero attached hydrogens (tertiary/aromatic N) is 2. The van der Waals surface area contributed by atoms with E-state index in [1.54, 1.807) is 0 Å². The molecule has 3 saturated carbocycles. The number of hydrogen-bond acceptors (Lipinski definition) is 3. The second-order valence-electron chi connectivity index (χ2n) is 6.95. The van der Waals surface area contributed by atoms with Crippen LogP contribution in [0.3, 0.4) is 0 Å². The van der Waals surface area contributed by atoms with E-state index in [1.165, 1.54) is 49.8 Å². The Labute approximate surface area is 126 Å². The molecule has 21 heavy (non-hydrogen) atoms. The first-order chi connectivity index (χ1) is 10.3. The first kappa shape index (κ1) is 13.2. The zero-order valence-corrected chi connectivity index (χ0v) is 12.5. The van der Waals surface area contributed by atoms with Crippen molar-refractivity contribution >= 4 is 5.69 Å². The van der Waals surface area contributed by atoms with Gasteiger partial charge in [0, 0.05) is 25.2 Å². The number of nitrogens with one attached hydrogen (secondary N) is 1. The van der Waals surface area contributed by atoms with Gasteiger partial charge in [0.05, 0.1) is 11.3 Å². The van der Waals surface area contributed by atoms with Crippen LogP contribution >= 0.6 is 0 Å². The van der Waals surface area contributed by atoms with Gasteiger partial charge in [-0.05, 0) is 62.1 Å². The topological polar surface area (TPSA) is 39.1 Å². The van der Waals surface area contributed by atoms with Gasteiger partial charge in [0.15, 0.2) is 0 Å². The van der Waals surface area contributed by atoms with Gasteiger partial charge in [0.25, 0.3) is 0 Å². The minimum atomic E-state index is 0.688. The summed E-state index contributed by atoms with van der Waals surface area (Å²) < 4.78 is 0. The molecule has 1 aromatic rings. The van der Waals surface area contributed by atoms with Crippen LogP contribution in [0.4, 0.5) is 5.69 Å². The van der Waals surface area contributed by atoms with Crippen molar-refractivity contribution in [2.75, 3.05) is 11.4 Å². The summed E-state index contributed by atoms with van der Waals surface area (Å²) in [5.74, 6) is 0.869. The minimum absolute atomic E-state index is 0.688. The number of nitriles is 1. The van der Waals surface area contributed by atoms with Crippen LogP contribution in [0.5, 0.6) is 0 Å². The fourth-order valence-corrected chi connectivity index (χ4v) is 2.99. The number of hydrogen-bond donors (Lipinski definition) is 1. The van der Waals surface area contributed by atoms with Crippen LogP contribution in [-0.2, 0) is 6.54 Å². The summed E-state index contributed by atoms with van der Waals surface area (Å²) in [5.41, 5.74) is 3.27. The quantitative estimate of drug-likeness (QED) is 0.834. The van der Waals surface area contributed by atoms with Gasteiger partial charge < -0.3 is 10.2 Å². The molecule has 3 aliphatic carbocycles. The molecule has 0 radical (unpaired) electrons. The standard InChI is InChI=1S/C18H23N3/c19-10-15-9-14(11-20-16-4-5-16)3-8-18(15)21(17-6-7-17)12-13-1-2-13/h3,8-9,13,16-17,20H,1-2,4-7,11-12H2. The van der Waals surface area contributed by atoms with Gasteiger partial charge in [-0.3, -0.25) is 0 Å². The third kappa shape index (κ3) is 3.22. The number of anilines is 1. The maximum Gasteiger partial charge on any atom is 0.101 e. The van der Waals surface area contributed by atoms with E-state index in [9.17, 15) is 5.26 Å². The van der Waals surface area contributed by atoms with Gasteiger partial charge in [-0.2, -0.15) is 5.26 Å². The summed E-state index contributed by atoms with van der Waals surface area (Å²) in [6.45, 7) is 2.05. The van der Waals surface area contributed by atoms with Crippen molar-refractivity contribution < 1.29 is 0 Å². The number of benzene rings is 1. The summed E-state index contributed by atoms with van der Waals surface area (Å²) in [6, 6.07) is 10.3. The molecule has 0 heterocycles. The third-order valence-electron chi connectivity index (χ3n) is 4.80. The number of rotatable bonds is 7. The van der Waals surface area contributed by atoms with Crippen LogP contribution in [0.15, 0.2) is 18.2 Å². The Hall–Kier alpha value is -1.53. The first-order valence-corrected chi connectivity index (χ1v) is 8.36. The molecule has 0 amide bonds. The Kier molecular flexibility index (Phi) is 3.35. The van der Waals surface area contributed by atoms with Gasteiger partial charge in [0.1, 0.15) is 6.07 Å². The largest absolute Gasteiger partial charge is 0.367 e. The molecule has 4 rings (SSSR count). The van der Waals surface area contributed by atoms with E-state index in [0.29, 0.717) is 12.1 Å². The molecule has 0 saturated heterocycles. The van der Waals surface area contributed by atoms with Crippen LogP contribution in [0.25, 0.3) is 0 Å². The maximum absolute atomic E-state index is 9.54. The highest BCUT2D eigenvalue weighted by atomic mass is 15.2. The molecule has 0 unspecified atom stereocenters. The van der Waals surface area contributed by atoms with Crippen molar-refractivity contribution in [3.63, 3.8) is 0 Å². The Bertz CT molecular complexity index is 562. The summed E-state index contributed by atoms with van der Waals surface area (Å²) in [7, 11) is 0. The fraction of sp³-hybridized carbons (Fsp3) is 0.611. The lowest BCUT2D eigenvalue weighted by Crippen LogP contribution is -2.28. The zero-order valence-electron chi connectivity index (χ0n) is 12.5. The van der Waals surface area contributed by atoms with E-state index >= 15 is 0 Å². The van der Waals surface area contributed by atoms with Gasteiger partial charge in [-0.1, -0.05) is 6.07 Å². The molecule has 0 aliphatic heterocycles. The van der Waals surface area contributed by atoms with E-state index in [2.05, 4.69) is 34.5 Å². The Balaban J connectivity index is 1.53. The molecule has 0 aromatic heterocycles. The van der Waals surface area contributed by atoms with Crippen molar-refractivity contribution in [1.29, 1.82) is 5.26 Å². The summed E-state index contributed by atoms with van der Waals surface area (Å²) >= 11 is 0. The second kappa shape index (κ2) is 5.35. The van der Waals surface area contributed by atoms with Crippen LogP contribution in [0, 0.1) is 17.2 Å². The molecular formula is C18H23N3. The van der Waals surface area contributed by atoms with Crippen LogP contribution < -0.4 is 10.2 Å². The van der Waals surface area contributed by atoms with E-state index < -0.39 is 0 Å². The molecule has 3 nitrogen and oxygen atoms in total. The Morgan fingerprint density at radius 3 is 2.57 bits per heavy atom. The van der Waals surface area contributed by atoms with Crippen LogP contribution in [-0.4, -0.2) is 18.6 Å². The monoisotopic (exact) mass is 281 g/mol. The first-order valence-electron chi connectivity index (χ1n) is 8.36. The van der Waals surface area contributed by atoms with Gasteiger partial charge in [-0.15, -0.1) is 0 Å². The molecule has 1 N–H and O–H groups in total. The predicted molar refractivity (Wildman–Crippen MR) is 84.1 cm³/mol. The molecule has 0 spiro atoms. The predicted octanol–water partition coefficient (Wildman–Crippen LogP) is 3.19. The molecule has 0 atom stereocenters. The van der Waals surface area contributed by atoms with Crippen LogP contribution in [0.2, 0.25) is 0 Å². The van der Waals surface area contributed by atoms with E-state index in [4.69, 9.17) is 0 Å². The van der Waals surface area contributed by atoms with E-state index in [0.717, 1.165) is 24.6 Å².